The fraction of sp³-hybridized carbons (Fsp3) is 0.238. The predicted molar refractivity (Wildman–Crippen MR) is 109 cm³/mol. The first-order valence-corrected chi connectivity index (χ1v) is 9.26. The van der Waals surface area contributed by atoms with E-state index in [4.69, 9.17) is 0 Å². The molecule has 0 radical (unpaired) electrons. The third-order valence-corrected chi connectivity index (χ3v) is 4.59. The zero-order valence-corrected chi connectivity index (χ0v) is 16.5. The fourth-order valence-corrected chi connectivity index (χ4v) is 3.09. The van der Waals surface area contributed by atoms with Gasteiger partial charge >= 0.3 is 0 Å². The summed E-state index contributed by atoms with van der Waals surface area (Å²) in [6.07, 6.45) is 2.86. The smallest absolute Gasteiger partial charge is 0.259 e. The van der Waals surface area contributed by atoms with Gasteiger partial charge in [-0.25, -0.2) is 9.37 Å². The second-order valence-corrected chi connectivity index (χ2v) is 6.50. The van der Waals surface area contributed by atoms with Crippen molar-refractivity contribution in [2.75, 3.05) is 29.9 Å². The van der Waals surface area contributed by atoms with Gasteiger partial charge in [0.15, 0.2) is 5.82 Å². The molecule has 1 aromatic carbocycles. The highest BCUT2D eigenvalue weighted by molar-refractivity contribution is 6.04. The molecule has 0 aliphatic carbocycles. The summed E-state index contributed by atoms with van der Waals surface area (Å²) < 4.78 is 19.1. The molecule has 9 heteroatoms. The minimum Gasteiger partial charge on any atom is -0.395 e. The van der Waals surface area contributed by atoms with E-state index in [1.54, 1.807) is 24.1 Å². The second-order valence-electron chi connectivity index (χ2n) is 6.50. The number of rotatable bonds is 7. The standard InChI is InChI=1S/C21H20FN5O3/c1-3-27(5-6-28)20-14(11-23)9-15(12-24-20)16-10-17(18(22)8-13(16)2)21(29)25-19-4-7-30-26-19/h4,7-10,12,28H,3,5-6H2,1-2H3,(H,25,26,29). The average Bonchev–Trinajstić information content (AvgIpc) is 3.24. The quantitative estimate of drug-likeness (QED) is 0.616. The largest absolute Gasteiger partial charge is 0.395 e. The molecule has 30 heavy (non-hydrogen) atoms. The molecule has 0 atom stereocenters. The molecule has 0 unspecified atom stereocenters. The number of amides is 1. The molecule has 3 rings (SSSR count). The molecule has 0 bridgehead atoms. The number of nitrogens with zero attached hydrogens (tertiary/aromatic N) is 4. The zero-order valence-electron chi connectivity index (χ0n) is 16.5. The molecule has 0 aliphatic rings. The van der Waals surface area contributed by atoms with E-state index in [-0.39, 0.29) is 18.0 Å². The lowest BCUT2D eigenvalue weighted by molar-refractivity contribution is 0.102. The molecule has 0 saturated heterocycles. The van der Waals surface area contributed by atoms with Crippen LogP contribution in [-0.2, 0) is 0 Å². The summed E-state index contributed by atoms with van der Waals surface area (Å²) in [6.45, 7) is 4.46. The van der Waals surface area contributed by atoms with Crippen molar-refractivity contribution in [2.45, 2.75) is 13.8 Å². The lowest BCUT2D eigenvalue weighted by Crippen LogP contribution is -2.27. The highest BCUT2D eigenvalue weighted by Gasteiger charge is 2.18. The van der Waals surface area contributed by atoms with Crippen LogP contribution in [0.3, 0.4) is 0 Å². The van der Waals surface area contributed by atoms with Crippen LogP contribution in [0.1, 0.15) is 28.4 Å². The number of aliphatic hydroxyl groups is 1. The average molecular weight is 409 g/mol. The van der Waals surface area contributed by atoms with Gasteiger partial charge in [-0.1, -0.05) is 5.16 Å². The number of aliphatic hydroxyl groups excluding tert-OH is 1. The number of aromatic nitrogens is 2. The van der Waals surface area contributed by atoms with Crippen LogP contribution in [0.2, 0.25) is 0 Å². The van der Waals surface area contributed by atoms with Gasteiger partial charge in [0.25, 0.3) is 5.91 Å². The summed E-state index contributed by atoms with van der Waals surface area (Å²) in [5.41, 5.74) is 1.88. The van der Waals surface area contributed by atoms with Crippen molar-refractivity contribution in [3.8, 4) is 17.2 Å². The molecule has 0 saturated carbocycles. The number of hydrogen-bond donors (Lipinski definition) is 2. The summed E-state index contributed by atoms with van der Waals surface area (Å²) in [4.78, 5) is 18.7. The van der Waals surface area contributed by atoms with Crippen molar-refractivity contribution < 1.29 is 18.8 Å². The molecule has 154 valence electrons. The number of aryl methyl sites for hydroxylation is 1. The molecular formula is C21H20FN5O3. The van der Waals surface area contributed by atoms with Gasteiger partial charge in [0, 0.05) is 30.9 Å². The molecule has 1 amide bonds. The number of halogens is 1. The minimum absolute atomic E-state index is 0.0663. The zero-order chi connectivity index (χ0) is 21.7. The lowest BCUT2D eigenvalue weighted by atomic mass is 9.97. The molecule has 0 fully saturated rings. The van der Waals surface area contributed by atoms with E-state index in [2.05, 4.69) is 26.0 Å². The van der Waals surface area contributed by atoms with Crippen molar-refractivity contribution in [1.82, 2.24) is 10.1 Å². The monoisotopic (exact) mass is 409 g/mol. The SMILES string of the molecule is CCN(CCO)c1ncc(-c2cc(C(=O)Nc3ccon3)c(F)cc2C)cc1C#N. The summed E-state index contributed by atoms with van der Waals surface area (Å²) in [5.74, 6) is -0.723. The summed E-state index contributed by atoms with van der Waals surface area (Å²) >= 11 is 0. The predicted octanol–water partition coefficient (Wildman–Crippen LogP) is 3.13. The van der Waals surface area contributed by atoms with Crippen LogP contribution >= 0.6 is 0 Å². The van der Waals surface area contributed by atoms with Gasteiger partial charge in [-0.05, 0) is 43.2 Å². The molecule has 2 heterocycles. The van der Waals surface area contributed by atoms with Crippen molar-refractivity contribution in [2.24, 2.45) is 0 Å². The van der Waals surface area contributed by atoms with Crippen molar-refractivity contribution in [1.29, 1.82) is 5.26 Å². The number of pyridine rings is 1. The number of hydrogen-bond acceptors (Lipinski definition) is 7. The second kappa shape index (κ2) is 9.15. The molecule has 2 N–H and O–H groups in total. The molecule has 2 aromatic heterocycles. The van der Waals surface area contributed by atoms with E-state index < -0.39 is 11.7 Å². The van der Waals surface area contributed by atoms with Crippen LogP contribution in [0.4, 0.5) is 16.0 Å². The Balaban J connectivity index is 2.01. The summed E-state index contributed by atoms with van der Waals surface area (Å²) in [5, 5.41) is 24.9. The van der Waals surface area contributed by atoms with Gasteiger partial charge in [-0.3, -0.25) is 4.79 Å². The van der Waals surface area contributed by atoms with Gasteiger partial charge in [-0.15, -0.1) is 0 Å². The number of nitrogens with one attached hydrogen (secondary N) is 1. The Labute approximate surface area is 172 Å². The van der Waals surface area contributed by atoms with E-state index in [9.17, 15) is 19.6 Å². The number of carbonyl (C=O) groups is 1. The number of anilines is 2. The molecule has 0 spiro atoms. The van der Waals surface area contributed by atoms with Crippen molar-refractivity contribution in [3.05, 3.63) is 59.2 Å². The maximum Gasteiger partial charge on any atom is 0.259 e. The Kier molecular flexibility index (Phi) is 6.39. The Hall–Kier alpha value is -3.77. The van der Waals surface area contributed by atoms with Gasteiger partial charge in [0.1, 0.15) is 24.0 Å². The van der Waals surface area contributed by atoms with Crippen LogP contribution in [0.5, 0.6) is 0 Å². The van der Waals surface area contributed by atoms with Crippen LogP contribution in [0.25, 0.3) is 11.1 Å². The third kappa shape index (κ3) is 4.29. The van der Waals surface area contributed by atoms with Crippen molar-refractivity contribution >= 4 is 17.5 Å². The summed E-state index contributed by atoms with van der Waals surface area (Å²) in [6, 6.07) is 7.88. The van der Waals surface area contributed by atoms with Crippen molar-refractivity contribution in [3.63, 3.8) is 0 Å². The Morgan fingerprint density at radius 2 is 2.20 bits per heavy atom. The highest BCUT2D eigenvalue weighted by Crippen LogP contribution is 2.29. The van der Waals surface area contributed by atoms with Crippen LogP contribution < -0.4 is 10.2 Å². The minimum atomic E-state index is -0.678. The lowest BCUT2D eigenvalue weighted by Gasteiger charge is -2.22. The van der Waals surface area contributed by atoms with E-state index in [1.807, 2.05) is 6.92 Å². The number of nitriles is 1. The van der Waals surface area contributed by atoms with E-state index >= 15 is 0 Å². The van der Waals surface area contributed by atoms with Gasteiger partial charge in [-0.2, -0.15) is 5.26 Å². The molecule has 8 nitrogen and oxygen atoms in total. The number of likely N-dealkylation sites (N-methyl/N-ethyl adjacent to an activating group) is 1. The molecular weight excluding hydrogens is 389 g/mol. The first kappa shape index (κ1) is 21.0. The number of benzene rings is 1. The summed E-state index contributed by atoms with van der Waals surface area (Å²) in [7, 11) is 0. The fourth-order valence-electron chi connectivity index (χ4n) is 3.09. The molecule has 3 aromatic rings. The van der Waals surface area contributed by atoms with E-state index in [1.165, 1.54) is 24.5 Å². The Bertz CT molecular complexity index is 1090. The topological polar surface area (TPSA) is 115 Å². The maximum absolute atomic E-state index is 14.5. The Morgan fingerprint density at radius 1 is 1.40 bits per heavy atom. The van der Waals surface area contributed by atoms with Crippen LogP contribution in [-0.4, -0.2) is 40.9 Å². The first-order valence-electron chi connectivity index (χ1n) is 9.26. The van der Waals surface area contributed by atoms with Crippen LogP contribution in [0.15, 0.2) is 41.2 Å². The van der Waals surface area contributed by atoms with E-state index in [0.29, 0.717) is 41.2 Å². The Morgan fingerprint density at radius 3 is 2.83 bits per heavy atom. The molecule has 0 aliphatic heterocycles. The van der Waals surface area contributed by atoms with Gasteiger partial charge in [0.05, 0.1) is 17.7 Å². The van der Waals surface area contributed by atoms with E-state index in [0.717, 1.165) is 0 Å². The van der Waals surface area contributed by atoms with Crippen LogP contribution in [0, 0.1) is 24.1 Å². The highest BCUT2D eigenvalue weighted by atomic mass is 19.1. The third-order valence-electron chi connectivity index (χ3n) is 4.59. The maximum atomic E-state index is 14.5. The van der Waals surface area contributed by atoms with Gasteiger partial charge < -0.3 is 19.8 Å². The normalized spacial score (nSPS) is 10.5. The number of carbonyl (C=O) groups excluding carboxylic acids is 1. The first-order chi connectivity index (χ1) is 14.5. The van der Waals surface area contributed by atoms with Gasteiger partial charge in [0.2, 0.25) is 0 Å².